The number of rotatable bonds is 2. The zero-order chi connectivity index (χ0) is 30.5. The van der Waals surface area contributed by atoms with Crippen LogP contribution in [0.4, 0.5) is 61.5 Å². The topological polar surface area (TPSA) is 71.9 Å². The summed E-state index contributed by atoms with van der Waals surface area (Å²) in [5, 5.41) is 19.9. The second-order valence-corrected chi connectivity index (χ2v) is 9.05. The monoisotopic (exact) mass is 696 g/mol. The molecule has 0 aliphatic carbocycles. The van der Waals surface area contributed by atoms with E-state index in [0.29, 0.717) is 0 Å². The van der Waals surface area contributed by atoms with Gasteiger partial charge in [-0.2, -0.15) is 26.3 Å². The summed E-state index contributed by atoms with van der Waals surface area (Å²) in [6, 6.07) is 0. The SMILES string of the molecule is [O-]/C(=C\c1nc2c(F)c(F)c(F)c(F)c2s1)C(F)(F)F.[O-]/C(=C\c1nc2c(F)c(F)c(F)c(F)c2s1)C(F)(F)F.[Zn+2]. The smallest absolute Gasteiger partial charge is 0.869 e. The number of benzene rings is 2. The first-order valence-electron chi connectivity index (χ1n) is 9.42. The molecule has 0 radical (unpaired) electrons. The van der Waals surface area contributed by atoms with Gasteiger partial charge in [-0.15, -0.1) is 22.7 Å². The molecule has 0 bridgehead atoms. The molecule has 0 spiro atoms. The minimum atomic E-state index is -5.19. The fourth-order valence-corrected chi connectivity index (χ4v) is 4.42. The van der Waals surface area contributed by atoms with Gasteiger partial charge in [0.15, 0.2) is 46.5 Å². The minimum Gasteiger partial charge on any atom is -0.869 e. The Balaban J connectivity index is 0.000000280. The maximum Gasteiger partial charge on any atom is 2.00 e. The zero-order valence-corrected chi connectivity index (χ0v) is 23.3. The van der Waals surface area contributed by atoms with Gasteiger partial charge < -0.3 is 10.2 Å². The fraction of sp³-hybridized carbons (Fsp3) is 0.100. The molecule has 0 aliphatic heterocycles. The first-order chi connectivity index (χ1) is 18.2. The van der Waals surface area contributed by atoms with Crippen molar-refractivity contribution < 1.29 is 91.2 Å². The average molecular weight is 698 g/mol. The van der Waals surface area contributed by atoms with Crippen LogP contribution in [0, 0.1) is 46.5 Å². The van der Waals surface area contributed by atoms with Crippen molar-refractivity contribution in [2.45, 2.75) is 12.4 Å². The van der Waals surface area contributed by atoms with Crippen LogP contribution in [0.2, 0.25) is 0 Å². The van der Waals surface area contributed by atoms with Gasteiger partial charge in [0.05, 0.1) is 9.40 Å². The van der Waals surface area contributed by atoms with Gasteiger partial charge in [0.2, 0.25) is 0 Å². The Bertz CT molecular complexity index is 1480. The average Bonchev–Trinajstić information content (AvgIpc) is 3.47. The third-order valence-corrected chi connectivity index (χ3v) is 6.32. The van der Waals surface area contributed by atoms with Crippen molar-refractivity contribution in [2.24, 2.45) is 0 Å². The van der Waals surface area contributed by atoms with E-state index in [0.717, 1.165) is 0 Å². The van der Waals surface area contributed by atoms with Crippen molar-refractivity contribution in [3.05, 3.63) is 68.1 Å². The third kappa shape index (κ3) is 6.88. The summed E-state index contributed by atoms with van der Waals surface area (Å²) in [6.45, 7) is 0. The maximum absolute atomic E-state index is 13.3. The fourth-order valence-electron chi connectivity index (χ4n) is 2.57. The predicted molar refractivity (Wildman–Crippen MR) is 107 cm³/mol. The summed E-state index contributed by atoms with van der Waals surface area (Å²) in [5.74, 6) is -20.3. The van der Waals surface area contributed by atoms with E-state index < -0.39 is 101 Å². The molecule has 2 aromatic heterocycles. The van der Waals surface area contributed by atoms with Crippen molar-refractivity contribution in [1.29, 1.82) is 0 Å². The molecule has 4 nitrogen and oxygen atoms in total. The van der Waals surface area contributed by atoms with E-state index in [1.54, 1.807) is 0 Å². The molecule has 21 heteroatoms. The van der Waals surface area contributed by atoms with Gasteiger partial charge in [-0.1, -0.05) is 0 Å². The van der Waals surface area contributed by atoms with Crippen molar-refractivity contribution in [3.63, 3.8) is 0 Å². The Kier molecular flexibility index (Phi) is 10.0. The second kappa shape index (κ2) is 12.0. The van der Waals surface area contributed by atoms with E-state index in [9.17, 15) is 71.7 Å². The number of allylic oxidation sites excluding steroid dienone is 2. The van der Waals surface area contributed by atoms with E-state index in [-0.39, 0.29) is 54.3 Å². The van der Waals surface area contributed by atoms with Crippen LogP contribution in [0.5, 0.6) is 0 Å². The molecule has 4 rings (SSSR count). The van der Waals surface area contributed by atoms with Crippen LogP contribution in [0.25, 0.3) is 32.6 Å². The Morgan fingerprint density at radius 3 is 1.05 bits per heavy atom. The van der Waals surface area contributed by atoms with Gasteiger partial charge in [-0.05, 0) is 23.7 Å². The summed E-state index contributed by atoms with van der Waals surface area (Å²) in [6.07, 6.45) is -10.4. The van der Waals surface area contributed by atoms with Crippen LogP contribution in [0.3, 0.4) is 0 Å². The number of fused-ring (bicyclic) bond motifs is 2. The standard InChI is InChI=1S/2C10H2F7NOS.Zn/c2*11-4-5(12)7(14)9-8(6(4)13)18-3(20-9)1-2(19)10(15,16)17;/h2*1,19H;/q;;+2/p-2/b2*2-1-;. The van der Waals surface area contributed by atoms with Gasteiger partial charge in [0.1, 0.15) is 21.0 Å². The number of hydrogen-bond acceptors (Lipinski definition) is 6. The molecular formula is C20H2F14N2O2S2Zn. The van der Waals surface area contributed by atoms with Crippen molar-refractivity contribution in [1.82, 2.24) is 9.97 Å². The summed E-state index contributed by atoms with van der Waals surface area (Å²) < 4.78 is 175. The molecule has 0 saturated carbocycles. The van der Waals surface area contributed by atoms with Crippen LogP contribution in [0.15, 0.2) is 11.5 Å². The molecule has 216 valence electrons. The molecular weight excluding hydrogens is 696 g/mol. The molecule has 4 aromatic rings. The van der Waals surface area contributed by atoms with E-state index >= 15 is 0 Å². The van der Waals surface area contributed by atoms with E-state index in [2.05, 4.69) is 9.97 Å². The summed E-state index contributed by atoms with van der Waals surface area (Å²) in [7, 11) is 0. The summed E-state index contributed by atoms with van der Waals surface area (Å²) in [5.41, 5.74) is -1.96. The molecule has 2 heterocycles. The van der Waals surface area contributed by atoms with Crippen LogP contribution in [-0.4, -0.2) is 22.3 Å². The van der Waals surface area contributed by atoms with E-state index in [4.69, 9.17) is 0 Å². The van der Waals surface area contributed by atoms with Crippen molar-refractivity contribution >= 4 is 55.3 Å². The number of aromatic nitrogens is 2. The van der Waals surface area contributed by atoms with Gasteiger partial charge in [-0.3, -0.25) is 0 Å². The molecule has 0 atom stereocenters. The Labute approximate surface area is 236 Å². The minimum absolute atomic E-state index is 0. The Morgan fingerprint density at radius 2 is 0.780 bits per heavy atom. The molecule has 41 heavy (non-hydrogen) atoms. The van der Waals surface area contributed by atoms with Crippen LogP contribution >= 0.6 is 22.7 Å². The quantitative estimate of drug-likeness (QED) is 0.0820. The van der Waals surface area contributed by atoms with E-state index in [1.165, 1.54) is 0 Å². The van der Waals surface area contributed by atoms with Crippen molar-refractivity contribution in [2.75, 3.05) is 0 Å². The zero-order valence-electron chi connectivity index (χ0n) is 18.7. The number of alkyl halides is 6. The summed E-state index contributed by atoms with van der Waals surface area (Å²) >= 11 is 0.192. The Hall–Kier alpha value is -3.06. The molecule has 0 N–H and O–H groups in total. The third-order valence-electron chi connectivity index (χ3n) is 4.33. The molecule has 0 aliphatic rings. The number of nitrogens with zero attached hydrogens (tertiary/aromatic N) is 2. The maximum atomic E-state index is 13.3. The van der Waals surface area contributed by atoms with Gasteiger partial charge in [0, 0.05) is 0 Å². The number of hydrogen-bond donors (Lipinski definition) is 0. The molecule has 0 amide bonds. The van der Waals surface area contributed by atoms with Gasteiger partial charge in [0.25, 0.3) is 0 Å². The first-order valence-corrected chi connectivity index (χ1v) is 11.1. The van der Waals surface area contributed by atoms with Crippen LogP contribution < -0.4 is 10.2 Å². The van der Waals surface area contributed by atoms with Crippen LogP contribution in [-0.2, 0) is 19.5 Å². The van der Waals surface area contributed by atoms with E-state index in [1.807, 2.05) is 0 Å². The summed E-state index contributed by atoms with van der Waals surface area (Å²) in [4.78, 5) is 6.30. The van der Waals surface area contributed by atoms with Gasteiger partial charge in [-0.25, -0.2) is 45.1 Å². The molecule has 0 unspecified atom stereocenters. The second-order valence-electron chi connectivity index (χ2n) is 6.98. The first kappa shape index (κ1) is 34.1. The molecule has 0 saturated heterocycles. The van der Waals surface area contributed by atoms with Gasteiger partial charge >= 0.3 is 31.8 Å². The molecule has 0 fully saturated rings. The Morgan fingerprint density at radius 1 is 0.512 bits per heavy atom. The normalized spacial score (nSPS) is 12.9. The van der Waals surface area contributed by atoms with Crippen molar-refractivity contribution in [3.8, 4) is 0 Å². The number of halogens is 14. The molecule has 2 aromatic carbocycles. The predicted octanol–water partition coefficient (Wildman–Crippen LogP) is 6.23. The largest absolute Gasteiger partial charge is 2.00 e. The number of thiazole rings is 2. The van der Waals surface area contributed by atoms with Crippen LogP contribution in [0.1, 0.15) is 10.0 Å².